The maximum Gasteiger partial charge on any atom is 0.212 e. The van der Waals surface area contributed by atoms with E-state index in [0.29, 0.717) is 0 Å². The van der Waals surface area contributed by atoms with Crippen molar-refractivity contribution in [2.24, 2.45) is 0 Å². The Morgan fingerprint density at radius 1 is 1.07 bits per heavy atom. The summed E-state index contributed by atoms with van der Waals surface area (Å²) in [6, 6.07) is 8.20. The minimum atomic E-state index is -0.663. The van der Waals surface area contributed by atoms with Gasteiger partial charge >= 0.3 is 0 Å². The third-order valence-corrected chi connectivity index (χ3v) is 2.84. The van der Waals surface area contributed by atoms with E-state index in [-0.39, 0.29) is 0 Å². The Bertz CT molecular complexity index is 455. The van der Waals surface area contributed by atoms with Gasteiger partial charge < -0.3 is 9.47 Å². The van der Waals surface area contributed by atoms with Gasteiger partial charge in [0.05, 0.1) is 0 Å². The van der Waals surface area contributed by atoms with Crippen molar-refractivity contribution < 1.29 is 9.47 Å². The first kappa shape index (κ1) is 9.44. The second kappa shape index (κ2) is 3.23. The van der Waals surface area contributed by atoms with Crippen molar-refractivity contribution in [2.45, 2.75) is 12.7 Å². The van der Waals surface area contributed by atoms with E-state index in [9.17, 15) is 0 Å². The van der Waals surface area contributed by atoms with E-state index < -0.39 is 5.79 Å². The van der Waals surface area contributed by atoms with Gasteiger partial charge in [0.15, 0.2) is 0 Å². The third kappa shape index (κ3) is 1.11. The summed E-state index contributed by atoms with van der Waals surface area (Å²) in [7, 11) is 3.32. The van der Waals surface area contributed by atoms with E-state index in [0.717, 1.165) is 5.57 Å². The van der Waals surface area contributed by atoms with Gasteiger partial charge in [-0.05, 0) is 29.0 Å². The van der Waals surface area contributed by atoms with Crippen molar-refractivity contribution in [2.75, 3.05) is 14.2 Å². The topological polar surface area (TPSA) is 18.5 Å². The monoisotopic (exact) mass is 190 g/mol. The highest BCUT2D eigenvalue weighted by Gasteiger charge is 2.32. The van der Waals surface area contributed by atoms with E-state index in [1.165, 1.54) is 10.4 Å². The van der Waals surface area contributed by atoms with Crippen LogP contribution in [0.5, 0.6) is 0 Å². The molecule has 0 saturated heterocycles. The summed E-state index contributed by atoms with van der Waals surface area (Å²) >= 11 is 0. The molecule has 1 aliphatic carbocycles. The molecule has 1 aliphatic rings. The predicted octanol–water partition coefficient (Wildman–Crippen LogP) is 0.640. The summed E-state index contributed by atoms with van der Waals surface area (Å²) in [5.41, 5.74) is 1.11. The minimum Gasteiger partial charge on any atom is -0.346 e. The first-order chi connectivity index (χ1) is 6.73. The fourth-order valence-electron chi connectivity index (χ4n) is 1.97. The van der Waals surface area contributed by atoms with Crippen LogP contribution in [0.15, 0.2) is 24.3 Å². The second-order valence-corrected chi connectivity index (χ2v) is 3.43. The molecule has 0 aromatic heterocycles. The van der Waals surface area contributed by atoms with Gasteiger partial charge in [0, 0.05) is 14.2 Å². The van der Waals surface area contributed by atoms with Crippen molar-refractivity contribution >= 4 is 11.6 Å². The predicted molar refractivity (Wildman–Crippen MR) is 56.0 cm³/mol. The van der Waals surface area contributed by atoms with Gasteiger partial charge in [0.2, 0.25) is 5.79 Å². The SMILES string of the molecule is COC1(OC)C=c2ccccc2=C1C. The molecular weight excluding hydrogens is 176 g/mol. The van der Waals surface area contributed by atoms with E-state index in [1.807, 2.05) is 25.1 Å². The van der Waals surface area contributed by atoms with Crippen LogP contribution in [0, 0.1) is 0 Å². The highest BCUT2D eigenvalue weighted by Crippen LogP contribution is 2.25. The average molecular weight is 190 g/mol. The number of ether oxygens (including phenoxy) is 2. The standard InChI is InChI=1S/C12H14O2/c1-9-11-7-5-4-6-10(11)8-12(9,13-2)14-3/h4-8H,1-3H3. The first-order valence-electron chi connectivity index (χ1n) is 4.63. The zero-order chi connectivity index (χ0) is 10.2. The Morgan fingerprint density at radius 3 is 2.29 bits per heavy atom. The van der Waals surface area contributed by atoms with Crippen LogP contribution in [-0.2, 0) is 9.47 Å². The van der Waals surface area contributed by atoms with E-state index in [4.69, 9.17) is 9.47 Å². The molecule has 2 heteroatoms. The zero-order valence-corrected chi connectivity index (χ0v) is 8.70. The van der Waals surface area contributed by atoms with Crippen molar-refractivity contribution in [1.29, 1.82) is 0 Å². The summed E-state index contributed by atoms with van der Waals surface area (Å²) in [4.78, 5) is 0. The van der Waals surface area contributed by atoms with Crippen molar-refractivity contribution in [3.8, 4) is 0 Å². The molecular formula is C12H14O2. The Kier molecular flexibility index (Phi) is 2.17. The molecule has 0 saturated carbocycles. The molecule has 0 radical (unpaired) electrons. The maximum atomic E-state index is 5.43. The molecule has 0 unspecified atom stereocenters. The lowest BCUT2D eigenvalue weighted by atomic mass is 10.1. The molecule has 74 valence electrons. The first-order valence-corrected chi connectivity index (χ1v) is 4.63. The Morgan fingerprint density at radius 2 is 1.71 bits per heavy atom. The van der Waals surface area contributed by atoms with Gasteiger partial charge in [0.1, 0.15) is 0 Å². The van der Waals surface area contributed by atoms with Crippen LogP contribution >= 0.6 is 0 Å². The van der Waals surface area contributed by atoms with Crippen LogP contribution in [0.4, 0.5) is 0 Å². The molecule has 0 aliphatic heterocycles. The average Bonchev–Trinajstić information content (AvgIpc) is 2.53. The Hall–Kier alpha value is -1.12. The molecule has 2 rings (SSSR count). The van der Waals surface area contributed by atoms with Crippen LogP contribution < -0.4 is 10.4 Å². The molecule has 0 fully saturated rings. The molecule has 0 amide bonds. The second-order valence-electron chi connectivity index (χ2n) is 3.43. The highest BCUT2D eigenvalue weighted by atomic mass is 16.7. The lowest BCUT2D eigenvalue weighted by Gasteiger charge is -2.25. The lowest BCUT2D eigenvalue weighted by Crippen LogP contribution is -2.30. The summed E-state index contributed by atoms with van der Waals surface area (Å²) in [5.74, 6) is -0.663. The summed E-state index contributed by atoms with van der Waals surface area (Å²) in [6.07, 6.45) is 2.01. The van der Waals surface area contributed by atoms with Gasteiger partial charge in [-0.1, -0.05) is 24.3 Å². The van der Waals surface area contributed by atoms with E-state index >= 15 is 0 Å². The number of hydrogen-bond donors (Lipinski definition) is 0. The van der Waals surface area contributed by atoms with Crippen molar-refractivity contribution in [3.05, 3.63) is 34.7 Å². The van der Waals surface area contributed by atoms with Crippen LogP contribution in [0.2, 0.25) is 0 Å². The molecule has 14 heavy (non-hydrogen) atoms. The molecule has 1 aromatic rings. The molecule has 2 nitrogen and oxygen atoms in total. The van der Waals surface area contributed by atoms with Gasteiger partial charge in [-0.15, -0.1) is 0 Å². The van der Waals surface area contributed by atoms with Crippen molar-refractivity contribution in [1.82, 2.24) is 0 Å². The molecule has 0 atom stereocenters. The Balaban J connectivity index is 2.74. The Labute approximate surface area is 83.5 Å². The van der Waals surface area contributed by atoms with Crippen LogP contribution in [-0.4, -0.2) is 20.0 Å². The number of rotatable bonds is 2. The fourth-order valence-corrected chi connectivity index (χ4v) is 1.97. The van der Waals surface area contributed by atoms with Crippen LogP contribution in [0.1, 0.15) is 6.92 Å². The summed E-state index contributed by atoms with van der Waals surface area (Å²) < 4.78 is 10.9. The molecule has 0 bridgehead atoms. The van der Waals surface area contributed by atoms with Gasteiger partial charge in [-0.25, -0.2) is 0 Å². The number of methoxy groups -OCH3 is 2. The van der Waals surface area contributed by atoms with Crippen LogP contribution in [0.25, 0.3) is 11.6 Å². The highest BCUT2D eigenvalue weighted by molar-refractivity contribution is 5.67. The molecule has 0 N–H and O–H groups in total. The summed E-state index contributed by atoms with van der Waals surface area (Å²) in [6.45, 7) is 2.04. The number of fused-ring (bicyclic) bond motifs is 1. The van der Waals surface area contributed by atoms with Gasteiger partial charge in [-0.2, -0.15) is 0 Å². The smallest absolute Gasteiger partial charge is 0.212 e. The van der Waals surface area contributed by atoms with Crippen molar-refractivity contribution in [3.63, 3.8) is 0 Å². The largest absolute Gasteiger partial charge is 0.346 e. The van der Waals surface area contributed by atoms with Gasteiger partial charge in [-0.3, -0.25) is 0 Å². The molecule has 0 spiro atoms. The van der Waals surface area contributed by atoms with E-state index in [1.54, 1.807) is 14.2 Å². The number of benzene rings is 1. The molecule has 1 aromatic carbocycles. The third-order valence-electron chi connectivity index (χ3n) is 2.84. The lowest BCUT2D eigenvalue weighted by molar-refractivity contribution is -0.112. The van der Waals surface area contributed by atoms with Crippen LogP contribution in [0.3, 0.4) is 0 Å². The number of hydrogen-bond acceptors (Lipinski definition) is 2. The summed E-state index contributed by atoms with van der Waals surface area (Å²) in [5, 5.41) is 2.38. The quantitative estimate of drug-likeness (QED) is 0.637. The fraction of sp³-hybridized carbons (Fsp3) is 0.333. The minimum absolute atomic E-state index is 0.663. The normalized spacial score (nSPS) is 17.8. The van der Waals surface area contributed by atoms with Gasteiger partial charge in [0.25, 0.3) is 0 Å². The molecule has 0 heterocycles. The maximum absolute atomic E-state index is 5.43. The zero-order valence-electron chi connectivity index (χ0n) is 8.70. The van der Waals surface area contributed by atoms with E-state index in [2.05, 4.69) is 12.1 Å².